The summed E-state index contributed by atoms with van der Waals surface area (Å²) in [6.45, 7) is 5.80. The zero-order valence-electron chi connectivity index (χ0n) is 12.1. The molecular weight excluding hydrogens is 254 g/mol. The van der Waals surface area contributed by atoms with Crippen molar-refractivity contribution in [3.05, 3.63) is 29.3 Å². The molecule has 1 aromatic carbocycles. The molecule has 3 rings (SSSR count). The second-order valence-electron chi connectivity index (χ2n) is 5.95. The first kappa shape index (κ1) is 13.4. The molecule has 20 heavy (non-hydrogen) atoms. The highest BCUT2D eigenvalue weighted by Crippen LogP contribution is 2.53. The Morgan fingerprint density at radius 2 is 2.25 bits per heavy atom. The van der Waals surface area contributed by atoms with Crippen LogP contribution in [0.3, 0.4) is 0 Å². The molecule has 0 amide bonds. The van der Waals surface area contributed by atoms with Crippen LogP contribution < -0.4 is 0 Å². The number of aromatic hydroxyl groups is 1. The number of ether oxygens (including phenoxy) is 1. The summed E-state index contributed by atoms with van der Waals surface area (Å²) in [5.41, 5.74) is 2.64. The van der Waals surface area contributed by atoms with E-state index in [-0.39, 0.29) is 17.4 Å². The molecule has 1 spiro atoms. The Morgan fingerprint density at radius 1 is 1.50 bits per heavy atom. The number of phenolic OH excluding ortho intramolecular Hbond substituents is 1. The molecule has 1 unspecified atom stereocenters. The lowest BCUT2D eigenvalue weighted by atomic mass is 9.86. The molecule has 4 heteroatoms. The van der Waals surface area contributed by atoms with Crippen molar-refractivity contribution in [3.8, 4) is 5.75 Å². The lowest BCUT2D eigenvalue weighted by molar-refractivity contribution is -0.149. The van der Waals surface area contributed by atoms with Crippen molar-refractivity contribution in [1.29, 1.82) is 0 Å². The minimum absolute atomic E-state index is 0.146. The average molecular weight is 275 g/mol. The maximum absolute atomic E-state index is 11.9. The number of fused-ring (bicyclic) bond motifs is 2. The zero-order chi connectivity index (χ0) is 14.3. The SMILES string of the molecule is CCOC(=O)C(C)N1Cc2ccc(O)cc2C2(CC2)C1. The number of rotatable bonds is 3. The summed E-state index contributed by atoms with van der Waals surface area (Å²) >= 11 is 0. The summed E-state index contributed by atoms with van der Waals surface area (Å²) in [5.74, 6) is 0.187. The molecule has 2 aliphatic rings. The number of hydrogen-bond acceptors (Lipinski definition) is 4. The van der Waals surface area contributed by atoms with Crippen molar-refractivity contribution >= 4 is 5.97 Å². The fourth-order valence-electron chi connectivity index (χ4n) is 3.21. The third-order valence-corrected chi connectivity index (χ3v) is 4.57. The third-order valence-electron chi connectivity index (χ3n) is 4.57. The molecule has 0 saturated heterocycles. The van der Waals surface area contributed by atoms with E-state index in [0.29, 0.717) is 12.4 Å². The summed E-state index contributed by atoms with van der Waals surface area (Å²) in [6, 6.07) is 5.39. The molecular formula is C16H21NO3. The predicted molar refractivity (Wildman–Crippen MR) is 75.5 cm³/mol. The second kappa shape index (κ2) is 4.77. The summed E-state index contributed by atoms with van der Waals surface area (Å²) in [7, 11) is 0. The number of carbonyl (C=O) groups is 1. The van der Waals surface area contributed by atoms with E-state index in [1.54, 1.807) is 6.07 Å². The van der Waals surface area contributed by atoms with Crippen LogP contribution in [0.4, 0.5) is 0 Å². The number of benzene rings is 1. The number of carbonyl (C=O) groups excluding carboxylic acids is 1. The van der Waals surface area contributed by atoms with Crippen LogP contribution in [0, 0.1) is 0 Å². The van der Waals surface area contributed by atoms with Crippen LogP contribution in [-0.4, -0.2) is 35.2 Å². The van der Waals surface area contributed by atoms with Crippen LogP contribution in [0.15, 0.2) is 18.2 Å². The topological polar surface area (TPSA) is 49.8 Å². The fraction of sp³-hybridized carbons (Fsp3) is 0.562. The molecule has 108 valence electrons. The Kier molecular flexibility index (Phi) is 3.21. The largest absolute Gasteiger partial charge is 0.508 e. The van der Waals surface area contributed by atoms with Gasteiger partial charge in [-0.25, -0.2) is 0 Å². The lowest BCUT2D eigenvalue weighted by Crippen LogP contribution is -2.46. The minimum Gasteiger partial charge on any atom is -0.508 e. The molecule has 1 aromatic rings. The number of phenols is 1. The molecule has 4 nitrogen and oxygen atoms in total. The maximum Gasteiger partial charge on any atom is 0.323 e. The standard InChI is InChI=1S/C16H21NO3/c1-3-20-15(19)11(2)17-9-12-4-5-13(18)8-14(12)16(10-17)6-7-16/h4-5,8,11,18H,3,6-7,9-10H2,1-2H3. The summed E-state index contributed by atoms with van der Waals surface area (Å²) in [5, 5.41) is 9.69. The lowest BCUT2D eigenvalue weighted by Gasteiger charge is -2.37. The van der Waals surface area contributed by atoms with Gasteiger partial charge in [0, 0.05) is 18.5 Å². The van der Waals surface area contributed by atoms with Crippen molar-refractivity contribution in [1.82, 2.24) is 4.90 Å². The first-order chi connectivity index (χ1) is 9.55. The van der Waals surface area contributed by atoms with Crippen molar-refractivity contribution < 1.29 is 14.6 Å². The Bertz CT molecular complexity index is 537. The Labute approximate surface area is 119 Å². The van der Waals surface area contributed by atoms with E-state index in [2.05, 4.69) is 4.90 Å². The molecule has 0 bridgehead atoms. The Morgan fingerprint density at radius 3 is 2.90 bits per heavy atom. The smallest absolute Gasteiger partial charge is 0.323 e. The maximum atomic E-state index is 11.9. The van der Waals surface area contributed by atoms with Gasteiger partial charge >= 0.3 is 5.97 Å². The van der Waals surface area contributed by atoms with Gasteiger partial charge in [0.25, 0.3) is 0 Å². The molecule has 1 aliphatic carbocycles. The number of hydrogen-bond donors (Lipinski definition) is 1. The van der Waals surface area contributed by atoms with Crippen LogP contribution in [-0.2, 0) is 21.5 Å². The molecule has 1 aliphatic heterocycles. The highest BCUT2D eigenvalue weighted by Gasteiger charge is 2.50. The summed E-state index contributed by atoms with van der Waals surface area (Å²) in [6.07, 6.45) is 2.27. The highest BCUT2D eigenvalue weighted by atomic mass is 16.5. The van der Waals surface area contributed by atoms with Crippen LogP contribution >= 0.6 is 0 Å². The Hall–Kier alpha value is -1.55. The van der Waals surface area contributed by atoms with E-state index in [1.165, 1.54) is 11.1 Å². The van der Waals surface area contributed by atoms with Gasteiger partial charge in [-0.05, 0) is 49.9 Å². The van der Waals surface area contributed by atoms with Crippen LogP contribution in [0.1, 0.15) is 37.8 Å². The molecule has 0 radical (unpaired) electrons. The van der Waals surface area contributed by atoms with Gasteiger partial charge in [-0.15, -0.1) is 0 Å². The van der Waals surface area contributed by atoms with Gasteiger partial charge < -0.3 is 9.84 Å². The van der Waals surface area contributed by atoms with Crippen molar-refractivity contribution in [2.75, 3.05) is 13.2 Å². The molecule has 1 N–H and O–H groups in total. The van der Waals surface area contributed by atoms with E-state index in [0.717, 1.165) is 25.9 Å². The normalized spacial score (nSPS) is 21.3. The molecule has 1 fully saturated rings. The van der Waals surface area contributed by atoms with Gasteiger partial charge in [-0.3, -0.25) is 9.69 Å². The van der Waals surface area contributed by atoms with Gasteiger partial charge in [0.2, 0.25) is 0 Å². The van der Waals surface area contributed by atoms with Crippen LogP contribution in [0.5, 0.6) is 5.75 Å². The average Bonchev–Trinajstić information content (AvgIpc) is 3.19. The summed E-state index contributed by atoms with van der Waals surface area (Å²) in [4.78, 5) is 14.1. The van der Waals surface area contributed by atoms with Crippen molar-refractivity contribution in [2.45, 2.75) is 44.7 Å². The van der Waals surface area contributed by atoms with Gasteiger partial charge in [0.1, 0.15) is 11.8 Å². The molecule has 1 saturated carbocycles. The monoisotopic (exact) mass is 275 g/mol. The van der Waals surface area contributed by atoms with Crippen molar-refractivity contribution in [2.24, 2.45) is 0 Å². The minimum atomic E-state index is -0.214. The summed E-state index contributed by atoms with van der Waals surface area (Å²) < 4.78 is 5.13. The zero-order valence-corrected chi connectivity index (χ0v) is 12.1. The highest BCUT2D eigenvalue weighted by molar-refractivity contribution is 5.75. The van der Waals surface area contributed by atoms with Gasteiger partial charge in [-0.1, -0.05) is 6.07 Å². The van der Waals surface area contributed by atoms with Crippen LogP contribution in [0.25, 0.3) is 0 Å². The van der Waals surface area contributed by atoms with E-state index in [9.17, 15) is 9.90 Å². The first-order valence-electron chi connectivity index (χ1n) is 7.29. The first-order valence-corrected chi connectivity index (χ1v) is 7.29. The third kappa shape index (κ3) is 2.18. The Balaban J connectivity index is 1.85. The van der Waals surface area contributed by atoms with E-state index in [1.807, 2.05) is 26.0 Å². The molecule has 1 atom stereocenters. The molecule has 0 aromatic heterocycles. The second-order valence-corrected chi connectivity index (χ2v) is 5.95. The van der Waals surface area contributed by atoms with Gasteiger partial charge in [0.15, 0.2) is 0 Å². The van der Waals surface area contributed by atoms with Crippen LogP contribution in [0.2, 0.25) is 0 Å². The van der Waals surface area contributed by atoms with E-state index in [4.69, 9.17) is 4.74 Å². The fourth-order valence-corrected chi connectivity index (χ4v) is 3.21. The van der Waals surface area contributed by atoms with Gasteiger partial charge in [-0.2, -0.15) is 0 Å². The number of esters is 1. The van der Waals surface area contributed by atoms with Crippen molar-refractivity contribution in [3.63, 3.8) is 0 Å². The quantitative estimate of drug-likeness (QED) is 0.859. The number of nitrogens with zero attached hydrogens (tertiary/aromatic N) is 1. The van der Waals surface area contributed by atoms with E-state index < -0.39 is 0 Å². The van der Waals surface area contributed by atoms with E-state index >= 15 is 0 Å². The predicted octanol–water partition coefficient (Wildman–Crippen LogP) is 2.19. The van der Waals surface area contributed by atoms with Gasteiger partial charge in [0.05, 0.1) is 6.61 Å². The molecule has 1 heterocycles.